The molecule has 0 aromatic heterocycles. The Labute approximate surface area is 174 Å². The largest absolute Gasteiger partial charge is 0.343 e. The summed E-state index contributed by atoms with van der Waals surface area (Å²) in [5.74, 6) is -0.960. The molecule has 0 spiro atoms. The molecule has 1 aromatic carbocycles. The van der Waals surface area contributed by atoms with Crippen LogP contribution in [0.2, 0.25) is 5.02 Å². The van der Waals surface area contributed by atoms with Gasteiger partial charge in [-0.25, -0.2) is 4.39 Å². The van der Waals surface area contributed by atoms with Crippen molar-refractivity contribution in [1.29, 1.82) is 0 Å². The fourth-order valence-electron chi connectivity index (χ4n) is 3.63. The van der Waals surface area contributed by atoms with Crippen molar-refractivity contribution in [2.75, 3.05) is 52.4 Å². The Morgan fingerprint density at radius 3 is 2.62 bits per heavy atom. The highest BCUT2D eigenvalue weighted by Gasteiger charge is 2.25. The molecule has 2 fully saturated rings. The first-order valence-corrected chi connectivity index (χ1v) is 10.3. The van der Waals surface area contributed by atoms with Crippen molar-refractivity contribution < 1.29 is 18.8 Å². The minimum absolute atomic E-state index is 0.0538. The van der Waals surface area contributed by atoms with E-state index in [9.17, 15) is 18.8 Å². The zero-order chi connectivity index (χ0) is 20.8. The minimum atomic E-state index is -0.598. The van der Waals surface area contributed by atoms with Crippen LogP contribution in [0.25, 0.3) is 0 Å². The Balaban J connectivity index is 1.67. The van der Waals surface area contributed by atoms with Gasteiger partial charge in [-0.3, -0.25) is 14.4 Å². The third kappa shape index (κ3) is 5.67. The normalized spacial score (nSPS) is 17.0. The number of nitrogens with one attached hydrogen (secondary N) is 1. The van der Waals surface area contributed by atoms with Crippen LogP contribution in [0.3, 0.4) is 0 Å². The predicted octanol–water partition coefficient (Wildman–Crippen LogP) is 1.37. The van der Waals surface area contributed by atoms with Crippen LogP contribution in [0, 0.1) is 5.82 Å². The van der Waals surface area contributed by atoms with Gasteiger partial charge in [0.05, 0.1) is 5.02 Å². The van der Waals surface area contributed by atoms with E-state index in [4.69, 9.17) is 11.6 Å². The number of benzene rings is 1. The molecule has 1 N–H and O–H groups in total. The van der Waals surface area contributed by atoms with Crippen molar-refractivity contribution >= 4 is 29.3 Å². The van der Waals surface area contributed by atoms with E-state index in [0.29, 0.717) is 39.0 Å². The molecule has 9 heteroatoms. The number of carbonyl (C=O) groups is 3. The summed E-state index contributed by atoms with van der Waals surface area (Å²) in [5, 5.41) is 3.06. The lowest BCUT2D eigenvalue weighted by molar-refractivity contribution is -0.132. The molecule has 0 aliphatic carbocycles. The molecule has 0 bridgehead atoms. The Kier molecular flexibility index (Phi) is 7.44. The third-order valence-electron chi connectivity index (χ3n) is 5.28. The highest BCUT2D eigenvalue weighted by atomic mass is 35.5. The van der Waals surface area contributed by atoms with Crippen LogP contribution in [-0.2, 0) is 9.59 Å². The standard InChI is InChI=1S/C20H26ClFN4O3/c21-16-13-15(4-5-17(16)22)20(29)26(10-2-9-24-8-1-3-18(24)27)14-19(28)25-11-6-23-7-12-25/h4-5,13,23H,1-3,6-12,14H2. The van der Waals surface area contributed by atoms with Gasteiger partial charge in [-0.15, -0.1) is 0 Å². The first-order valence-electron chi connectivity index (χ1n) is 9.96. The third-order valence-corrected chi connectivity index (χ3v) is 5.57. The number of likely N-dealkylation sites (tertiary alicyclic amines) is 1. The van der Waals surface area contributed by atoms with E-state index >= 15 is 0 Å². The highest BCUT2D eigenvalue weighted by Crippen LogP contribution is 2.18. The summed E-state index contributed by atoms with van der Waals surface area (Å²) in [6.07, 6.45) is 2.00. The molecule has 2 aliphatic heterocycles. The Morgan fingerprint density at radius 1 is 1.21 bits per heavy atom. The summed E-state index contributed by atoms with van der Waals surface area (Å²) in [4.78, 5) is 42.5. The monoisotopic (exact) mass is 424 g/mol. The zero-order valence-electron chi connectivity index (χ0n) is 16.3. The van der Waals surface area contributed by atoms with E-state index in [1.807, 2.05) is 0 Å². The number of piperazine rings is 1. The fourth-order valence-corrected chi connectivity index (χ4v) is 3.82. The summed E-state index contributed by atoms with van der Waals surface area (Å²) in [6.45, 7) is 4.22. The van der Waals surface area contributed by atoms with E-state index in [2.05, 4.69) is 5.32 Å². The summed E-state index contributed by atoms with van der Waals surface area (Å²) in [5.41, 5.74) is 0.238. The molecule has 158 valence electrons. The van der Waals surface area contributed by atoms with Crippen molar-refractivity contribution in [2.45, 2.75) is 19.3 Å². The SMILES string of the molecule is O=C1CCCN1CCCN(CC(=O)N1CCNCC1)C(=O)c1ccc(F)c(Cl)c1. The number of nitrogens with zero attached hydrogens (tertiary/aromatic N) is 3. The van der Waals surface area contributed by atoms with Crippen LogP contribution in [0.15, 0.2) is 18.2 Å². The molecular formula is C20H26ClFN4O3. The van der Waals surface area contributed by atoms with Crippen LogP contribution in [0.5, 0.6) is 0 Å². The van der Waals surface area contributed by atoms with Gasteiger partial charge in [0.25, 0.3) is 5.91 Å². The molecule has 3 amide bonds. The van der Waals surface area contributed by atoms with E-state index in [1.54, 1.807) is 9.80 Å². The first kappa shape index (κ1) is 21.5. The topological polar surface area (TPSA) is 73.0 Å². The summed E-state index contributed by atoms with van der Waals surface area (Å²) in [6, 6.07) is 3.80. The minimum Gasteiger partial charge on any atom is -0.343 e. The lowest BCUT2D eigenvalue weighted by Crippen LogP contribution is -2.50. The van der Waals surface area contributed by atoms with Crippen molar-refractivity contribution in [3.63, 3.8) is 0 Å². The van der Waals surface area contributed by atoms with Crippen molar-refractivity contribution in [3.05, 3.63) is 34.6 Å². The average molecular weight is 425 g/mol. The summed E-state index contributed by atoms with van der Waals surface area (Å²) >= 11 is 5.82. The van der Waals surface area contributed by atoms with Gasteiger partial charge in [0.1, 0.15) is 12.4 Å². The highest BCUT2D eigenvalue weighted by molar-refractivity contribution is 6.31. The maximum absolute atomic E-state index is 13.5. The molecule has 29 heavy (non-hydrogen) atoms. The van der Waals surface area contributed by atoms with Crippen molar-refractivity contribution in [2.24, 2.45) is 0 Å². The molecule has 0 unspecified atom stereocenters. The second kappa shape index (κ2) is 10.0. The number of amides is 3. The number of hydrogen-bond donors (Lipinski definition) is 1. The molecule has 1 aromatic rings. The number of rotatable bonds is 7. The molecule has 2 heterocycles. The number of hydrogen-bond acceptors (Lipinski definition) is 4. The maximum Gasteiger partial charge on any atom is 0.254 e. The van der Waals surface area contributed by atoms with Crippen LogP contribution < -0.4 is 5.32 Å². The quantitative estimate of drug-likeness (QED) is 0.717. The summed E-state index contributed by atoms with van der Waals surface area (Å²) < 4.78 is 13.5. The van der Waals surface area contributed by atoms with Gasteiger partial charge in [0.15, 0.2) is 0 Å². The Bertz CT molecular complexity index is 770. The number of carbonyl (C=O) groups excluding carboxylic acids is 3. The Morgan fingerprint density at radius 2 is 1.97 bits per heavy atom. The predicted molar refractivity (Wildman–Crippen MR) is 107 cm³/mol. The molecular weight excluding hydrogens is 399 g/mol. The van der Waals surface area contributed by atoms with Crippen LogP contribution >= 0.6 is 11.6 Å². The van der Waals surface area contributed by atoms with Crippen molar-refractivity contribution in [1.82, 2.24) is 20.0 Å². The summed E-state index contributed by atoms with van der Waals surface area (Å²) in [7, 11) is 0. The van der Waals surface area contributed by atoms with E-state index < -0.39 is 5.82 Å². The van der Waals surface area contributed by atoms with E-state index in [0.717, 1.165) is 32.1 Å². The van der Waals surface area contributed by atoms with Crippen LogP contribution in [-0.4, -0.2) is 84.8 Å². The van der Waals surface area contributed by atoms with E-state index in [-0.39, 0.29) is 34.9 Å². The van der Waals surface area contributed by atoms with Crippen LogP contribution in [0.1, 0.15) is 29.6 Å². The molecule has 0 saturated carbocycles. The zero-order valence-corrected chi connectivity index (χ0v) is 17.1. The van der Waals surface area contributed by atoms with E-state index in [1.165, 1.54) is 17.0 Å². The molecule has 3 rings (SSSR count). The second-order valence-corrected chi connectivity index (χ2v) is 7.73. The smallest absolute Gasteiger partial charge is 0.254 e. The molecule has 0 atom stereocenters. The first-order chi connectivity index (χ1) is 14.0. The van der Waals surface area contributed by atoms with Gasteiger partial charge in [-0.2, -0.15) is 0 Å². The maximum atomic E-state index is 13.5. The van der Waals surface area contributed by atoms with Gasteiger partial charge in [0, 0.05) is 57.8 Å². The average Bonchev–Trinajstić information content (AvgIpc) is 3.14. The molecule has 0 radical (unpaired) electrons. The number of halogens is 2. The molecule has 2 saturated heterocycles. The van der Waals surface area contributed by atoms with Gasteiger partial charge in [-0.05, 0) is 31.0 Å². The van der Waals surface area contributed by atoms with Crippen LogP contribution in [0.4, 0.5) is 4.39 Å². The van der Waals surface area contributed by atoms with Gasteiger partial charge >= 0.3 is 0 Å². The molecule has 7 nitrogen and oxygen atoms in total. The molecule has 2 aliphatic rings. The Hall–Kier alpha value is -2.19. The lowest BCUT2D eigenvalue weighted by atomic mass is 10.2. The van der Waals surface area contributed by atoms with Gasteiger partial charge in [0.2, 0.25) is 11.8 Å². The van der Waals surface area contributed by atoms with Crippen molar-refractivity contribution in [3.8, 4) is 0 Å². The van der Waals surface area contributed by atoms with Gasteiger partial charge in [-0.1, -0.05) is 11.6 Å². The fraction of sp³-hybridized carbons (Fsp3) is 0.550. The lowest BCUT2D eigenvalue weighted by Gasteiger charge is -2.31. The second-order valence-electron chi connectivity index (χ2n) is 7.32. The van der Waals surface area contributed by atoms with Gasteiger partial charge < -0.3 is 20.0 Å².